The van der Waals surface area contributed by atoms with Gasteiger partial charge in [0.1, 0.15) is 0 Å². The van der Waals surface area contributed by atoms with Gasteiger partial charge in [-0.05, 0) is 41.6 Å². The van der Waals surface area contributed by atoms with Gasteiger partial charge in [-0.3, -0.25) is 4.79 Å². The van der Waals surface area contributed by atoms with Crippen LogP contribution in [0.1, 0.15) is 5.56 Å². The van der Waals surface area contributed by atoms with Crippen LogP contribution in [0.4, 0.5) is 5.13 Å². The summed E-state index contributed by atoms with van der Waals surface area (Å²) >= 11 is 8.55. The predicted octanol–water partition coefficient (Wildman–Crippen LogP) is 4.48. The van der Waals surface area contributed by atoms with E-state index in [4.69, 9.17) is 11.6 Å². The zero-order valence-corrected chi connectivity index (χ0v) is 17.6. The fourth-order valence-electron chi connectivity index (χ4n) is 2.49. The average Bonchev–Trinajstić information content (AvgIpc) is 3.37. The second-order valence-corrected chi connectivity index (χ2v) is 8.33. The lowest BCUT2D eigenvalue weighted by atomic mass is 10.1. The van der Waals surface area contributed by atoms with Crippen LogP contribution >= 0.6 is 34.7 Å². The van der Waals surface area contributed by atoms with Gasteiger partial charge in [0.25, 0.3) is 0 Å². The van der Waals surface area contributed by atoms with Crippen molar-refractivity contribution in [1.29, 1.82) is 0 Å². The molecule has 0 radical (unpaired) electrons. The molecular formula is C19H15ClN6OS2. The maximum atomic E-state index is 12.3. The molecule has 10 heteroatoms. The quantitative estimate of drug-likeness (QED) is 0.443. The summed E-state index contributed by atoms with van der Waals surface area (Å²) in [6, 6.07) is 15.2. The van der Waals surface area contributed by atoms with Gasteiger partial charge in [-0.2, -0.15) is 4.68 Å². The molecule has 0 spiro atoms. The summed E-state index contributed by atoms with van der Waals surface area (Å²) in [5.74, 6) is -0.0154. The van der Waals surface area contributed by atoms with Crippen molar-refractivity contribution in [1.82, 2.24) is 25.2 Å². The lowest BCUT2D eigenvalue weighted by Gasteiger charge is -2.04. The molecule has 4 aromatic rings. The Morgan fingerprint density at radius 1 is 1.17 bits per heavy atom. The highest BCUT2D eigenvalue weighted by molar-refractivity contribution is 7.99. The highest BCUT2D eigenvalue weighted by atomic mass is 35.5. The third-order valence-corrected chi connectivity index (χ3v) is 5.87. The molecular weight excluding hydrogens is 428 g/mol. The van der Waals surface area contributed by atoms with Crippen molar-refractivity contribution in [3.05, 3.63) is 64.5 Å². The molecule has 0 aliphatic heterocycles. The molecule has 1 amide bonds. The number of nitrogens with one attached hydrogen (secondary N) is 1. The number of carbonyl (C=O) groups is 1. The molecule has 0 aliphatic rings. The highest BCUT2D eigenvalue weighted by Crippen LogP contribution is 2.26. The fraction of sp³-hybridized carbons (Fsp3) is 0.105. The maximum absolute atomic E-state index is 12.3. The summed E-state index contributed by atoms with van der Waals surface area (Å²) < 4.78 is 1.56. The minimum absolute atomic E-state index is 0.160. The number of anilines is 1. The third-order valence-electron chi connectivity index (χ3n) is 3.94. The van der Waals surface area contributed by atoms with Crippen molar-refractivity contribution in [3.63, 3.8) is 0 Å². The number of tetrazole rings is 1. The number of amides is 1. The number of halogens is 1. The molecule has 2 aromatic carbocycles. The van der Waals surface area contributed by atoms with Crippen LogP contribution in [0, 0.1) is 6.92 Å². The van der Waals surface area contributed by atoms with Crippen LogP contribution < -0.4 is 5.32 Å². The predicted molar refractivity (Wildman–Crippen MR) is 116 cm³/mol. The molecule has 0 atom stereocenters. The number of aryl methyl sites for hydroxylation is 1. The summed E-state index contributed by atoms with van der Waals surface area (Å²) in [7, 11) is 0. The van der Waals surface area contributed by atoms with Gasteiger partial charge in [0.15, 0.2) is 5.13 Å². The van der Waals surface area contributed by atoms with E-state index >= 15 is 0 Å². The normalized spacial score (nSPS) is 10.8. The Kier molecular flexibility index (Phi) is 5.89. The number of hydrogen-bond donors (Lipinski definition) is 1. The molecule has 2 aromatic heterocycles. The van der Waals surface area contributed by atoms with Gasteiger partial charge in [-0.25, -0.2) is 4.98 Å². The van der Waals surface area contributed by atoms with Gasteiger partial charge >= 0.3 is 0 Å². The first-order valence-electron chi connectivity index (χ1n) is 8.58. The minimum Gasteiger partial charge on any atom is -0.301 e. The van der Waals surface area contributed by atoms with Gasteiger partial charge < -0.3 is 5.32 Å². The van der Waals surface area contributed by atoms with Gasteiger partial charge in [0.2, 0.25) is 11.1 Å². The van der Waals surface area contributed by atoms with E-state index in [0.717, 1.165) is 16.9 Å². The monoisotopic (exact) mass is 442 g/mol. The van der Waals surface area contributed by atoms with Gasteiger partial charge in [-0.15, -0.1) is 16.4 Å². The first kappa shape index (κ1) is 19.6. The molecule has 1 N–H and O–H groups in total. The molecule has 0 unspecified atom stereocenters. The van der Waals surface area contributed by atoms with Crippen LogP contribution in [0.15, 0.2) is 59.1 Å². The minimum atomic E-state index is -0.175. The molecule has 146 valence electrons. The van der Waals surface area contributed by atoms with E-state index in [0.29, 0.717) is 15.3 Å². The first-order valence-corrected chi connectivity index (χ1v) is 10.8. The number of rotatable bonds is 6. The van der Waals surface area contributed by atoms with Crippen molar-refractivity contribution in [2.45, 2.75) is 12.1 Å². The lowest BCUT2D eigenvalue weighted by Crippen LogP contribution is -2.14. The van der Waals surface area contributed by atoms with Crippen molar-refractivity contribution >= 4 is 45.7 Å². The Labute approximate surface area is 180 Å². The van der Waals surface area contributed by atoms with E-state index in [1.54, 1.807) is 16.8 Å². The summed E-state index contributed by atoms with van der Waals surface area (Å²) in [5, 5.41) is 18.1. The smallest absolute Gasteiger partial charge is 0.236 e. The Hall–Kier alpha value is -2.75. The second kappa shape index (κ2) is 8.73. The van der Waals surface area contributed by atoms with Crippen molar-refractivity contribution < 1.29 is 4.79 Å². The van der Waals surface area contributed by atoms with E-state index in [1.807, 2.05) is 48.7 Å². The molecule has 0 saturated heterocycles. The molecule has 4 rings (SSSR count). The van der Waals surface area contributed by atoms with Crippen LogP contribution in [0.25, 0.3) is 16.9 Å². The molecule has 0 bridgehead atoms. The molecule has 7 nitrogen and oxygen atoms in total. The van der Waals surface area contributed by atoms with E-state index in [1.165, 1.54) is 28.7 Å². The van der Waals surface area contributed by atoms with E-state index in [9.17, 15) is 4.79 Å². The topological polar surface area (TPSA) is 85.6 Å². The lowest BCUT2D eigenvalue weighted by molar-refractivity contribution is -0.113. The molecule has 2 heterocycles. The summed E-state index contributed by atoms with van der Waals surface area (Å²) in [4.78, 5) is 16.8. The summed E-state index contributed by atoms with van der Waals surface area (Å²) in [6.07, 6.45) is 0. The van der Waals surface area contributed by atoms with Gasteiger partial charge in [-0.1, -0.05) is 53.2 Å². The average molecular weight is 443 g/mol. The number of benzene rings is 2. The Bertz CT molecular complexity index is 1120. The van der Waals surface area contributed by atoms with Gasteiger partial charge in [0, 0.05) is 16.0 Å². The number of nitrogens with zero attached hydrogens (tertiary/aromatic N) is 5. The highest BCUT2D eigenvalue weighted by Gasteiger charge is 2.13. The number of thioether (sulfide) groups is 1. The largest absolute Gasteiger partial charge is 0.301 e. The molecule has 0 saturated carbocycles. The summed E-state index contributed by atoms with van der Waals surface area (Å²) in [5.41, 5.74) is 3.81. The third kappa shape index (κ3) is 4.81. The Morgan fingerprint density at radius 3 is 2.69 bits per heavy atom. The van der Waals surface area contributed by atoms with E-state index in [-0.39, 0.29) is 11.7 Å². The first-order chi connectivity index (χ1) is 14.1. The van der Waals surface area contributed by atoms with Crippen LogP contribution in [0.5, 0.6) is 0 Å². The fourth-order valence-corrected chi connectivity index (χ4v) is 4.04. The van der Waals surface area contributed by atoms with E-state index < -0.39 is 0 Å². The molecule has 0 aliphatic carbocycles. The standard InChI is InChI=1S/C19H15ClN6OS2/c1-12-2-4-13(5-3-12)16-10-28-18(21-16)22-17(27)11-29-19-23-24-25-26(19)15-8-6-14(20)7-9-15/h2-10H,11H2,1H3,(H,21,22,27). The zero-order chi connectivity index (χ0) is 20.2. The molecule has 29 heavy (non-hydrogen) atoms. The number of carbonyl (C=O) groups excluding carboxylic acids is 1. The summed E-state index contributed by atoms with van der Waals surface area (Å²) in [6.45, 7) is 2.04. The number of thiazole rings is 1. The van der Waals surface area contributed by atoms with E-state index in [2.05, 4.69) is 25.8 Å². The van der Waals surface area contributed by atoms with Gasteiger partial charge in [0.05, 0.1) is 17.1 Å². The SMILES string of the molecule is Cc1ccc(-c2csc(NC(=O)CSc3nnnn3-c3ccc(Cl)cc3)n2)cc1. The Morgan fingerprint density at radius 2 is 1.93 bits per heavy atom. The van der Waals surface area contributed by atoms with Crippen LogP contribution in [0.3, 0.4) is 0 Å². The van der Waals surface area contributed by atoms with Crippen molar-refractivity contribution in [2.75, 3.05) is 11.1 Å². The number of aromatic nitrogens is 5. The van der Waals surface area contributed by atoms with Crippen LogP contribution in [-0.4, -0.2) is 36.9 Å². The van der Waals surface area contributed by atoms with Crippen LogP contribution in [-0.2, 0) is 4.79 Å². The van der Waals surface area contributed by atoms with Crippen molar-refractivity contribution in [2.24, 2.45) is 0 Å². The number of hydrogen-bond acceptors (Lipinski definition) is 7. The van der Waals surface area contributed by atoms with Crippen molar-refractivity contribution in [3.8, 4) is 16.9 Å². The molecule has 0 fully saturated rings. The maximum Gasteiger partial charge on any atom is 0.236 e. The second-order valence-electron chi connectivity index (χ2n) is 6.09. The zero-order valence-electron chi connectivity index (χ0n) is 15.2. The van der Waals surface area contributed by atoms with Crippen LogP contribution in [0.2, 0.25) is 5.02 Å². The Balaban J connectivity index is 1.37.